The second kappa shape index (κ2) is 2.02. The number of hydrogen-bond donors (Lipinski definition) is 0. The maximum absolute atomic E-state index is 4.10. The largest absolute Gasteiger partial charge is 0.240 e. The number of thioether (sulfide) groups is 1. The van der Waals surface area contributed by atoms with E-state index >= 15 is 0 Å². The molecule has 1 aliphatic rings. The van der Waals surface area contributed by atoms with E-state index in [9.17, 15) is 0 Å². The molecule has 0 aromatic carbocycles. The van der Waals surface area contributed by atoms with Gasteiger partial charge in [0.1, 0.15) is 12.2 Å². The molecule has 9 heavy (non-hydrogen) atoms. The highest BCUT2D eigenvalue weighted by atomic mass is 32.2. The zero-order valence-corrected chi connectivity index (χ0v) is 5.77. The number of nitrogens with zero attached hydrogens (tertiary/aromatic N) is 3. The summed E-state index contributed by atoms with van der Waals surface area (Å²) in [7, 11) is 0. The van der Waals surface area contributed by atoms with Gasteiger partial charge < -0.3 is 0 Å². The van der Waals surface area contributed by atoms with Crippen molar-refractivity contribution in [3.05, 3.63) is 12.2 Å². The van der Waals surface area contributed by atoms with Gasteiger partial charge in [0.05, 0.1) is 5.88 Å². The lowest BCUT2D eigenvalue weighted by atomic mass is 10.4. The SMILES string of the molecule is c1nc2n(n1)CSCC2. The van der Waals surface area contributed by atoms with Crippen molar-refractivity contribution in [3.8, 4) is 0 Å². The minimum Gasteiger partial charge on any atom is -0.240 e. The smallest absolute Gasteiger partial charge is 0.138 e. The molecule has 1 aliphatic heterocycles. The molecule has 0 bridgehead atoms. The van der Waals surface area contributed by atoms with Crippen LogP contribution in [0.3, 0.4) is 0 Å². The molecule has 0 radical (unpaired) electrons. The van der Waals surface area contributed by atoms with Gasteiger partial charge in [-0.15, -0.1) is 11.8 Å². The van der Waals surface area contributed by atoms with Crippen LogP contribution in [0.2, 0.25) is 0 Å². The lowest BCUT2D eigenvalue weighted by Crippen LogP contribution is -2.10. The molecular weight excluding hydrogens is 134 g/mol. The highest BCUT2D eigenvalue weighted by molar-refractivity contribution is 7.98. The molecule has 2 rings (SSSR count). The Kier molecular flexibility index (Phi) is 1.19. The highest BCUT2D eigenvalue weighted by Gasteiger charge is 2.08. The van der Waals surface area contributed by atoms with E-state index in [-0.39, 0.29) is 0 Å². The van der Waals surface area contributed by atoms with E-state index in [0.29, 0.717) is 0 Å². The van der Waals surface area contributed by atoms with Crippen LogP contribution in [0.4, 0.5) is 0 Å². The second-order valence-corrected chi connectivity index (χ2v) is 3.04. The molecule has 1 aromatic heterocycles. The number of hydrogen-bond acceptors (Lipinski definition) is 3. The van der Waals surface area contributed by atoms with Gasteiger partial charge in [-0.05, 0) is 0 Å². The molecule has 0 N–H and O–H groups in total. The van der Waals surface area contributed by atoms with Crippen molar-refractivity contribution >= 4 is 11.8 Å². The summed E-state index contributed by atoms with van der Waals surface area (Å²) < 4.78 is 1.95. The number of rotatable bonds is 0. The molecule has 1 aromatic rings. The Hall–Kier alpha value is -0.510. The van der Waals surface area contributed by atoms with E-state index < -0.39 is 0 Å². The fourth-order valence-corrected chi connectivity index (χ4v) is 1.75. The van der Waals surface area contributed by atoms with Crippen molar-refractivity contribution in [1.29, 1.82) is 0 Å². The summed E-state index contributed by atoms with van der Waals surface area (Å²) in [6.45, 7) is 0. The topological polar surface area (TPSA) is 30.7 Å². The average Bonchev–Trinajstić information content (AvgIpc) is 2.33. The van der Waals surface area contributed by atoms with Gasteiger partial charge in [-0.1, -0.05) is 0 Å². The van der Waals surface area contributed by atoms with Crippen molar-refractivity contribution in [2.75, 3.05) is 5.75 Å². The highest BCUT2D eigenvalue weighted by Crippen LogP contribution is 2.13. The molecule has 0 atom stereocenters. The standard InChI is InChI=1S/C5H7N3S/c1-2-9-4-8-5(1)6-3-7-8/h3H,1-2,4H2. The minimum atomic E-state index is 0.981. The Balaban J connectivity index is 2.39. The molecule has 0 aliphatic carbocycles. The summed E-state index contributed by atoms with van der Waals surface area (Å²) in [5, 5.41) is 4.04. The Morgan fingerprint density at radius 3 is 3.56 bits per heavy atom. The summed E-state index contributed by atoms with van der Waals surface area (Å²) in [6.07, 6.45) is 2.70. The third-order valence-electron chi connectivity index (χ3n) is 1.38. The molecule has 0 saturated heterocycles. The molecule has 0 saturated carbocycles. The van der Waals surface area contributed by atoms with E-state index in [1.54, 1.807) is 6.33 Å². The predicted molar refractivity (Wildman–Crippen MR) is 36.2 cm³/mol. The molecule has 0 fully saturated rings. The van der Waals surface area contributed by atoms with E-state index in [1.165, 1.54) is 5.75 Å². The van der Waals surface area contributed by atoms with Crippen LogP contribution in [0.15, 0.2) is 6.33 Å². The Morgan fingerprint density at radius 2 is 2.67 bits per heavy atom. The van der Waals surface area contributed by atoms with Gasteiger partial charge >= 0.3 is 0 Å². The van der Waals surface area contributed by atoms with Gasteiger partial charge in [0.2, 0.25) is 0 Å². The first-order chi connectivity index (χ1) is 4.47. The van der Waals surface area contributed by atoms with Crippen molar-refractivity contribution in [2.45, 2.75) is 12.3 Å². The van der Waals surface area contributed by atoms with Crippen LogP contribution in [0, 0.1) is 0 Å². The maximum atomic E-state index is 4.10. The summed E-state index contributed by atoms with van der Waals surface area (Å²) in [5.41, 5.74) is 0. The van der Waals surface area contributed by atoms with Crippen LogP contribution in [0.25, 0.3) is 0 Å². The zero-order chi connectivity index (χ0) is 6.10. The monoisotopic (exact) mass is 141 g/mol. The molecule has 4 heteroatoms. The average molecular weight is 141 g/mol. The van der Waals surface area contributed by atoms with Crippen LogP contribution >= 0.6 is 11.8 Å². The van der Waals surface area contributed by atoms with Crippen LogP contribution in [0.5, 0.6) is 0 Å². The van der Waals surface area contributed by atoms with Gasteiger partial charge in [-0.3, -0.25) is 0 Å². The summed E-state index contributed by atoms with van der Waals surface area (Å²) in [4.78, 5) is 4.10. The summed E-state index contributed by atoms with van der Waals surface area (Å²) >= 11 is 1.90. The quantitative estimate of drug-likeness (QED) is 0.528. The Bertz CT molecular complexity index is 187. The third kappa shape index (κ3) is 0.830. The molecule has 48 valence electrons. The molecular formula is C5H7N3S. The molecule has 2 heterocycles. The molecule has 0 amide bonds. The minimum absolute atomic E-state index is 0.981. The Labute approximate surface area is 57.5 Å². The van der Waals surface area contributed by atoms with Crippen LogP contribution < -0.4 is 0 Å². The lowest BCUT2D eigenvalue weighted by Gasteiger charge is -2.09. The summed E-state index contributed by atoms with van der Waals surface area (Å²) in [6, 6.07) is 0. The predicted octanol–water partition coefficient (Wildman–Crippen LogP) is 0.525. The zero-order valence-electron chi connectivity index (χ0n) is 4.95. The first-order valence-electron chi connectivity index (χ1n) is 2.91. The van der Waals surface area contributed by atoms with Gasteiger partial charge in [-0.2, -0.15) is 5.10 Å². The van der Waals surface area contributed by atoms with Crippen molar-refractivity contribution in [1.82, 2.24) is 14.8 Å². The van der Waals surface area contributed by atoms with Crippen molar-refractivity contribution in [3.63, 3.8) is 0 Å². The fraction of sp³-hybridized carbons (Fsp3) is 0.600. The van der Waals surface area contributed by atoms with Crippen LogP contribution in [0.1, 0.15) is 5.82 Å². The van der Waals surface area contributed by atoms with Gasteiger partial charge in [0.25, 0.3) is 0 Å². The molecule has 0 unspecified atom stereocenters. The summed E-state index contributed by atoms with van der Waals surface area (Å²) in [5.74, 6) is 3.31. The Morgan fingerprint density at radius 1 is 1.67 bits per heavy atom. The van der Waals surface area contributed by atoms with Gasteiger partial charge in [-0.25, -0.2) is 9.67 Å². The lowest BCUT2D eigenvalue weighted by molar-refractivity contribution is 0.682. The van der Waals surface area contributed by atoms with Crippen molar-refractivity contribution in [2.24, 2.45) is 0 Å². The number of aryl methyl sites for hydroxylation is 1. The van der Waals surface area contributed by atoms with E-state index in [0.717, 1.165) is 18.1 Å². The second-order valence-electron chi connectivity index (χ2n) is 1.96. The molecule has 3 nitrogen and oxygen atoms in total. The van der Waals surface area contributed by atoms with Crippen LogP contribution in [-0.4, -0.2) is 20.5 Å². The van der Waals surface area contributed by atoms with E-state index in [4.69, 9.17) is 0 Å². The first-order valence-corrected chi connectivity index (χ1v) is 4.07. The van der Waals surface area contributed by atoms with E-state index in [1.807, 2.05) is 16.4 Å². The van der Waals surface area contributed by atoms with Crippen molar-refractivity contribution < 1.29 is 0 Å². The number of aromatic nitrogens is 3. The molecule has 0 spiro atoms. The van der Waals surface area contributed by atoms with Crippen LogP contribution in [-0.2, 0) is 12.3 Å². The maximum Gasteiger partial charge on any atom is 0.138 e. The number of fused-ring (bicyclic) bond motifs is 1. The third-order valence-corrected chi connectivity index (χ3v) is 2.30. The normalized spacial score (nSPS) is 17.3. The van der Waals surface area contributed by atoms with Gasteiger partial charge in [0, 0.05) is 12.2 Å². The first kappa shape index (κ1) is 5.29. The van der Waals surface area contributed by atoms with Gasteiger partial charge in [0.15, 0.2) is 0 Å². The van der Waals surface area contributed by atoms with E-state index in [2.05, 4.69) is 10.1 Å². The fourth-order valence-electron chi connectivity index (χ4n) is 0.904.